The van der Waals surface area contributed by atoms with E-state index in [-0.39, 0.29) is 5.60 Å². The summed E-state index contributed by atoms with van der Waals surface area (Å²) in [6.07, 6.45) is 4.34. The van der Waals surface area contributed by atoms with Gasteiger partial charge in [-0.15, -0.1) is 0 Å². The molecule has 1 unspecified atom stereocenters. The predicted octanol–water partition coefficient (Wildman–Crippen LogP) is 2.67. The van der Waals surface area contributed by atoms with Gasteiger partial charge in [-0.2, -0.15) is 0 Å². The molecule has 2 aliphatic rings. The number of rotatable bonds is 2. The van der Waals surface area contributed by atoms with E-state index in [4.69, 9.17) is 14.5 Å². The Hall–Kier alpha value is 0.610. The topological polar surface area (TPSA) is 27.7 Å². The fourth-order valence-corrected chi connectivity index (χ4v) is 3.13. The van der Waals surface area contributed by atoms with Gasteiger partial charge < -0.3 is 4.74 Å². The van der Waals surface area contributed by atoms with Crippen LogP contribution in [0.3, 0.4) is 0 Å². The van der Waals surface area contributed by atoms with Gasteiger partial charge in [-0.05, 0) is 25.7 Å². The van der Waals surface area contributed by atoms with Crippen LogP contribution in [0.2, 0.25) is 0 Å². The molecule has 0 aromatic carbocycles. The van der Waals surface area contributed by atoms with Gasteiger partial charge in [0.15, 0.2) is 0 Å². The zero-order valence-electron chi connectivity index (χ0n) is 8.72. The fraction of sp³-hybridized carbons (Fsp3) is 1.00. The van der Waals surface area contributed by atoms with Crippen molar-refractivity contribution >= 4 is 22.6 Å². The van der Waals surface area contributed by atoms with E-state index in [1.54, 1.807) is 7.11 Å². The molecule has 3 nitrogen and oxygen atoms in total. The highest BCUT2D eigenvalue weighted by Crippen LogP contribution is 2.47. The SMILES string of the molecule is CO[C@]12CCC[C@H](C1)C(C)(CI)OO2. The van der Waals surface area contributed by atoms with Crippen LogP contribution < -0.4 is 0 Å². The number of ether oxygens (including phenoxy) is 1. The number of fused-ring (bicyclic) bond motifs is 2. The average molecular weight is 312 g/mol. The monoisotopic (exact) mass is 312 g/mol. The molecule has 14 heavy (non-hydrogen) atoms. The lowest BCUT2D eigenvalue weighted by atomic mass is 9.75. The molecule has 0 spiro atoms. The predicted molar refractivity (Wildman–Crippen MR) is 61.2 cm³/mol. The fourth-order valence-electron chi connectivity index (χ4n) is 2.38. The smallest absolute Gasteiger partial charge is 0.201 e. The van der Waals surface area contributed by atoms with Gasteiger partial charge in [-0.1, -0.05) is 22.6 Å². The van der Waals surface area contributed by atoms with Crippen molar-refractivity contribution in [2.45, 2.75) is 44.0 Å². The highest BCUT2D eigenvalue weighted by Gasteiger charge is 2.51. The van der Waals surface area contributed by atoms with Crippen molar-refractivity contribution in [2.75, 3.05) is 11.5 Å². The van der Waals surface area contributed by atoms with Crippen molar-refractivity contribution in [3.8, 4) is 0 Å². The Morgan fingerprint density at radius 1 is 1.50 bits per heavy atom. The van der Waals surface area contributed by atoms with Gasteiger partial charge in [0.1, 0.15) is 5.60 Å². The third kappa shape index (κ3) is 1.70. The van der Waals surface area contributed by atoms with Crippen LogP contribution in [-0.2, 0) is 14.5 Å². The van der Waals surface area contributed by atoms with Gasteiger partial charge in [0, 0.05) is 24.4 Å². The van der Waals surface area contributed by atoms with Gasteiger partial charge >= 0.3 is 0 Å². The first-order valence-corrected chi connectivity index (χ1v) is 6.65. The maximum absolute atomic E-state index is 5.54. The molecule has 1 saturated heterocycles. The van der Waals surface area contributed by atoms with Crippen molar-refractivity contribution in [2.24, 2.45) is 5.92 Å². The standard InChI is InChI=1S/C10H17IO3/c1-9(7-11)8-4-3-5-10(6-8,12-2)14-13-9/h8H,3-7H2,1-2H3/t8-,9?,10+/m1/s1. The van der Waals surface area contributed by atoms with Crippen molar-refractivity contribution in [3.05, 3.63) is 0 Å². The third-order valence-electron chi connectivity index (χ3n) is 3.55. The lowest BCUT2D eigenvalue weighted by Gasteiger charge is -2.50. The molecule has 3 atom stereocenters. The van der Waals surface area contributed by atoms with Crippen LogP contribution >= 0.6 is 22.6 Å². The summed E-state index contributed by atoms with van der Waals surface area (Å²) in [5, 5.41) is 0. The molecular weight excluding hydrogens is 295 g/mol. The number of methoxy groups -OCH3 is 1. The molecule has 0 aromatic heterocycles. The summed E-state index contributed by atoms with van der Waals surface area (Å²) in [6.45, 7) is 2.13. The second-order valence-corrected chi connectivity index (χ2v) is 5.28. The molecule has 0 radical (unpaired) electrons. The molecule has 2 rings (SSSR count). The molecule has 1 heterocycles. The molecule has 2 fully saturated rings. The van der Waals surface area contributed by atoms with E-state index in [9.17, 15) is 0 Å². The summed E-state index contributed by atoms with van der Waals surface area (Å²) < 4.78 is 6.41. The van der Waals surface area contributed by atoms with Crippen LogP contribution in [0, 0.1) is 5.92 Å². The van der Waals surface area contributed by atoms with E-state index < -0.39 is 5.79 Å². The van der Waals surface area contributed by atoms with Gasteiger partial charge in [0.05, 0.1) is 0 Å². The van der Waals surface area contributed by atoms with E-state index in [0.29, 0.717) is 5.92 Å². The van der Waals surface area contributed by atoms with E-state index in [1.165, 1.54) is 12.8 Å². The Morgan fingerprint density at radius 2 is 2.29 bits per heavy atom. The lowest BCUT2D eigenvalue weighted by molar-refractivity contribution is -0.501. The summed E-state index contributed by atoms with van der Waals surface area (Å²) >= 11 is 2.36. The first-order valence-electron chi connectivity index (χ1n) is 5.12. The molecule has 1 aliphatic heterocycles. The molecule has 2 bridgehead atoms. The molecular formula is C10H17IO3. The Balaban J connectivity index is 2.15. The third-order valence-corrected chi connectivity index (χ3v) is 5.07. The van der Waals surface area contributed by atoms with E-state index in [1.807, 2.05) is 0 Å². The second-order valence-electron chi connectivity index (χ2n) is 4.52. The van der Waals surface area contributed by atoms with Crippen LogP contribution in [-0.4, -0.2) is 22.9 Å². The van der Waals surface area contributed by atoms with Gasteiger partial charge in [0.25, 0.3) is 0 Å². The van der Waals surface area contributed by atoms with Crippen molar-refractivity contribution in [1.29, 1.82) is 0 Å². The molecule has 82 valence electrons. The molecule has 1 saturated carbocycles. The van der Waals surface area contributed by atoms with Crippen LogP contribution in [0.4, 0.5) is 0 Å². The van der Waals surface area contributed by atoms with Crippen molar-refractivity contribution < 1.29 is 14.5 Å². The lowest BCUT2D eigenvalue weighted by Crippen LogP contribution is -2.55. The largest absolute Gasteiger partial charge is 0.351 e. The molecule has 4 heteroatoms. The minimum atomic E-state index is -0.450. The molecule has 0 amide bonds. The Bertz CT molecular complexity index is 217. The minimum absolute atomic E-state index is 0.122. The van der Waals surface area contributed by atoms with Gasteiger partial charge in [0.2, 0.25) is 5.79 Å². The normalized spacial score (nSPS) is 47.8. The highest BCUT2D eigenvalue weighted by molar-refractivity contribution is 14.1. The second kappa shape index (κ2) is 3.88. The van der Waals surface area contributed by atoms with Crippen LogP contribution in [0.15, 0.2) is 0 Å². The zero-order valence-corrected chi connectivity index (χ0v) is 10.9. The number of hydrogen-bond donors (Lipinski definition) is 0. The van der Waals surface area contributed by atoms with Gasteiger partial charge in [-0.25, -0.2) is 9.78 Å². The average Bonchev–Trinajstić information content (AvgIpc) is 2.25. The maximum atomic E-state index is 5.54. The van der Waals surface area contributed by atoms with Crippen molar-refractivity contribution in [3.63, 3.8) is 0 Å². The molecule has 0 aromatic rings. The van der Waals surface area contributed by atoms with Crippen molar-refractivity contribution in [1.82, 2.24) is 0 Å². The maximum Gasteiger partial charge on any atom is 0.201 e. The summed E-state index contributed by atoms with van der Waals surface area (Å²) in [6, 6.07) is 0. The Labute approximate surface area is 98.5 Å². The number of halogens is 1. The van der Waals surface area contributed by atoms with Crippen LogP contribution in [0.1, 0.15) is 32.6 Å². The quantitative estimate of drug-likeness (QED) is 0.446. The number of hydrogen-bond acceptors (Lipinski definition) is 3. The molecule has 0 N–H and O–H groups in total. The Morgan fingerprint density at radius 3 is 2.93 bits per heavy atom. The van der Waals surface area contributed by atoms with Crippen LogP contribution in [0.5, 0.6) is 0 Å². The zero-order chi connectivity index (χ0) is 10.2. The summed E-state index contributed by atoms with van der Waals surface area (Å²) in [5.74, 6) is 0.121. The van der Waals surface area contributed by atoms with E-state index >= 15 is 0 Å². The number of alkyl halides is 1. The van der Waals surface area contributed by atoms with Crippen LogP contribution in [0.25, 0.3) is 0 Å². The van der Waals surface area contributed by atoms with E-state index in [0.717, 1.165) is 17.3 Å². The van der Waals surface area contributed by atoms with E-state index in [2.05, 4.69) is 29.5 Å². The first-order chi connectivity index (χ1) is 6.64. The minimum Gasteiger partial charge on any atom is -0.351 e. The Kier molecular flexibility index (Phi) is 3.08. The summed E-state index contributed by atoms with van der Waals surface area (Å²) in [7, 11) is 1.71. The molecule has 1 aliphatic carbocycles. The van der Waals surface area contributed by atoms with Gasteiger partial charge in [-0.3, -0.25) is 0 Å². The summed E-state index contributed by atoms with van der Waals surface area (Å²) in [5.41, 5.74) is -0.122. The summed E-state index contributed by atoms with van der Waals surface area (Å²) in [4.78, 5) is 11.0. The highest BCUT2D eigenvalue weighted by atomic mass is 127. The first kappa shape index (κ1) is 11.1.